The second kappa shape index (κ2) is 38.1. The second-order valence-corrected chi connectivity index (χ2v) is 16.1. The quantitative estimate of drug-likeness (QED) is 0.0357. The summed E-state index contributed by atoms with van der Waals surface area (Å²) < 4.78 is 16.7. The van der Waals surface area contributed by atoms with E-state index in [9.17, 15) is 14.4 Å². The van der Waals surface area contributed by atoms with Crippen LogP contribution in [0.4, 0.5) is 0 Å². The van der Waals surface area contributed by atoms with Crippen LogP contribution in [-0.4, -0.2) is 37.2 Å². The smallest absolute Gasteiger partial charge is 0.306 e. The van der Waals surface area contributed by atoms with E-state index in [1.54, 1.807) is 0 Å². The average Bonchev–Trinajstić information content (AvgIpc) is 3.11. The Balaban J connectivity index is 4.31. The highest BCUT2D eigenvalue weighted by molar-refractivity contribution is 5.71. The standard InChI is InChI=1S/C45H86O6/c1-6-8-9-10-11-12-16-20-27-32-37-45(48)51-42(39-50-44(47)36-31-26-22-21-23-28-33-40(3)4)38-49-43(46)35-30-25-19-17-14-13-15-18-24-29-34-41(5)7-2/h40-42H,6-39H2,1-5H3/t41?,42-/m0/s1. The van der Waals surface area contributed by atoms with Crippen molar-refractivity contribution in [2.75, 3.05) is 13.2 Å². The van der Waals surface area contributed by atoms with Crippen molar-refractivity contribution in [1.82, 2.24) is 0 Å². The van der Waals surface area contributed by atoms with Crippen molar-refractivity contribution < 1.29 is 28.6 Å². The van der Waals surface area contributed by atoms with Crippen molar-refractivity contribution in [1.29, 1.82) is 0 Å². The third-order valence-electron chi connectivity index (χ3n) is 10.3. The van der Waals surface area contributed by atoms with Gasteiger partial charge in [0.15, 0.2) is 6.10 Å². The maximum atomic E-state index is 12.7. The van der Waals surface area contributed by atoms with E-state index in [4.69, 9.17) is 14.2 Å². The first-order valence-corrected chi connectivity index (χ1v) is 22.3. The largest absolute Gasteiger partial charge is 0.462 e. The number of rotatable bonds is 39. The summed E-state index contributed by atoms with van der Waals surface area (Å²) in [6.45, 7) is 11.3. The summed E-state index contributed by atoms with van der Waals surface area (Å²) in [6, 6.07) is 0. The van der Waals surface area contributed by atoms with E-state index >= 15 is 0 Å². The molecule has 0 aliphatic heterocycles. The molecule has 302 valence electrons. The van der Waals surface area contributed by atoms with Gasteiger partial charge in [0.1, 0.15) is 13.2 Å². The first kappa shape index (κ1) is 49.4. The van der Waals surface area contributed by atoms with Crippen LogP contribution in [0.2, 0.25) is 0 Å². The van der Waals surface area contributed by atoms with Gasteiger partial charge >= 0.3 is 17.9 Å². The summed E-state index contributed by atoms with van der Waals surface area (Å²) >= 11 is 0. The molecule has 0 spiro atoms. The number of hydrogen-bond acceptors (Lipinski definition) is 6. The third-order valence-corrected chi connectivity index (χ3v) is 10.3. The van der Waals surface area contributed by atoms with Crippen LogP contribution in [0.5, 0.6) is 0 Å². The fourth-order valence-corrected chi connectivity index (χ4v) is 6.54. The molecule has 0 saturated heterocycles. The average molecular weight is 723 g/mol. The molecule has 51 heavy (non-hydrogen) atoms. The van der Waals surface area contributed by atoms with Gasteiger partial charge in [-0.2, -0.15) is 0 Å². The van der Waals surface area contributed by atoms with E-state index in [1.807, 2.05) is 0 Å². The van der Waals surface area contributed by atoms with Crippen molar-refractivity contribution in [2.24, 2.45) is 11.8 Å². The molecule has 0 aromatic heterocycles. The fourth-order valence-electron chi connectivity index (χ4n) is 6.54. The van der Waals surface area contributed by atoms with Gasteiger partial charge in [-0.05, 0) is 31.1 Å². The second-order valence-electron chi connectivity index (χ2n) is 16.1. The predicted molar refractivity (Wildman–Crippen MR) is 215 cm³/mol. The maximum Gasteiger partial charge on any atom is 0.306 e. The molecule has 2 atom stereocenters. The molecule has 0 aromatic rings. The van der Waals surface area contributed by atoms with Gasteiger partial charge in [0.25, 0.3) is 0 Å². The Hall–Kier alpha value is -1.59. The molecular formula is C45H86O6. The zero-order valence-corrected chi connectivity index (χ0v) is 34.7. The summed E-state index contributed by atoms with van der Waals surface area (Å²) in [5.74, 6) is 0.768. The van der Waals surface area contributed by atoms with Crippen LogP contribution in [-0.2, 0) is 28.6 Å². The lowest BCUT2D eigenvalue weighted by atomic mass is 9.99. The third kappa shape index (κ3) is 38.0. The zero-order chi connectivity index (χ0) is 37.6. The van der Waals surface area contributed by atoms with Gasteiger partial charge in [-0.1, -0.05) is 202 Å². The van der Waals surface area contributed by atoms with Gasteiger partial charge in [-0.25, -0.2) is 0 Å². The van der Waals surface area contributed by atoms with Gasteiger partial charge < -0.3 is 14.2 Å². The topological polar surface area (TPSA) is 78.9 Å². The Morgan fingerprint density at radius 2 is 0.745 bits per heavy atom. The van der Waals surface area contributed by atoms with E-state index in [-0.39, 0.29) is 31.1 Å². The highest BCUT2D eigenvalue weighted by atomic mass is 16.6. The van der Waals surface area contributed by atoms with Crippen LogP contribution >= 0.6 is 0 Å². The molecule has 6 nitrogen and oxygen atoms in total. The monoisotopic (exact) mass is 723 g/mol. The molecule has 0 heterocycles. The minimum absolute atomic E-state index is 0.0659. The van der Waals surface area contributed by atoms with Gasteiger partial charge in [0.05, 0.1) is 0 Å². The fraction of sp³-hybridized carbons (Fsp3) is 0.933. The molecule has 0 bridgehead atoms. The first-order valence-electron chi connectivity index (χ1n) is 22.3. The highest BCUT2D eigenvalue weighted by Crippen LogP contribution is 2.17. The van der Waals surface area contributed by atoms with Crippen molar-refractivity contribution >= 4 is 17.9 Å². The Labute approximate surface area is 317 Å². The summed E-state index contributed by atoms with van der Waals surface area (Å²) in [5.41, 5.74) is 0. The van der Waals surface area contributed by atoms with Crippen LogP contribution in [0, 0.1) is 11.8 Å². The summed E-state index contributed by atoms with van der Waals surface area (Å²) in [5, 5.41) is 0. The number of carbonyl (C=O) groups excluding carboxylic acids is 3. The molecule has 0 radical (unpaired) electrons. The number of esters is 3. The van der Waals surface area contributed by atoms with Crippen LogP contribution < -0.4 is 0 Å². The molecule has 0 aromatic carbocycles. The summed E-state index contributed by atoms with van der Waals surface area (Å²) in [6.07, 6.45) is 35.2. The Morgan fingerprint density at radius 1 is 0.412 bits per heavy atom. The number of ether oxygens (including phenoxy) is 3. The van der Waals surface area contributed by atoms with Crippen LogP contribution in [0.25, 0.3) is 0 Å². The molecule has 0 saturated carbocycles. The van der Waals surface area contributed by atoms with E-state index in [2.05, 4.69) is 34.6 Å². The first-order chi connectivity index (χ1) is 24.8. The van der Waals surface area contributed by atoms with Crippen molar-refractivity contribution in [3.05, 3.63) is 0 Å². The van der Waals surface area contributed by atoms with Crippen LogP contribution in [0.3, 0.4) is 0 Å². The predicted octanol–water partition coefficient (Wildman–Crippen LogP) is 13.8. The lowest BCUT2D eigenvalue weighted by molar-refractivity contribution is -0.167. The van der Waals surface area contributed by atoms with Gasteiger partial charge in [0, 0.05) is 19.3 Å². The maximum absolute atomic E-state index is 12.7. The lowest BCUT2D eigenvalue weighted by Gasteiger charge is -2.18. The van der Waals surface area contributed by atoms with E-state index < -0.39 is 6.10 Å². The van der Waals surface area contributed by atoms with E-state index in [0.29, 0.717) is 19.3 Å². The number of hydrogen-bond donors (Lipinski definition) is 0. The molecule has 0 fully saturated rings. The Kier molecular flexibility index (Phi) is 37.0. The lowest BCUT2D eigenvalue weighted by Crippen LogP contribution is -2.30. The zero-order valence-electron chi connectivity index (χ0n) is 34.7. The van der Waals surface area contributed by atoms with E-state index in [1.165, 1.54) is 128 Å². The molecule has 0 rings (SSSR count). The van der Waals surface area contributed by atoms with Gasteiger partial charge in [-0.15, -0.1) is 0 Å². The summed E-state index contributed by atoms with van der Waals surface area (Å²) in [7, 11) is 0. The van der Waals surface area contributed by atoms with Crippen molar-refractivity contribution in [3.63, 3.8) is 0 Å². The Bertz CT molecular complexity index is 781. The SMILES string of the molecule is CCCCCCCCCCCCC(=O)O[C@@H](COC(=O)CCCCCCCCCCCCC(C)CC)COC(=O)CCCCCCCCC(C)C. The minimum Gasteiger partial charge on any atom is -0.462 e. The van der Waals surface area contributed by atoms with Gasteiger partial charge in [0.2, 0.25) is 0 Å². The Morgan fingerprint density at radius 3 is 1.12 bits per heavy atom. The molecule has 0 amide bonds. The number of unbranched alkanes of at least 4 members (excludes halogenated alkanes) is 23. The summed E-state index contributed by atoms with van der Waals surface area (Å²) in [4.78, 5) is 37.6. The molecule has 0 aliphatic carbocycles. The molecule has 1 unspecified atom stereocenters. The normalized spacial score (nSPS) is 12.6. The molecule has 0 aliphatic rings. The highest BCUT2D eigenvalue weighted by Gasteiger charge is 2.19. The molecule has 6 heteroatoms. The van der Waals surface area contributed by atoms with E-state index in [0.717, 1.165) is 69.6 Å². The molecular weight excluding hydrogens is 636 g/mol. The van der Waals surface area contributed by atoms with Crippen molar-refractivity contribution in [3.8, 4) is 0 Å². The molecule has 0 N–H and O–H groups in total. The van der Waals surface area contributed by atoms with Crippen molar-refractivity contribution in [2.45, 2.75) is 246 Å². The minimum atomic E-state index is -0.760. The van der Waals surface area contributed by atoms with Crippen LogP contribution in [0.15, 0.2) is 0 Å². The number of carbonyl (C=O) groups is 3. The van der Waals surface area contributed by atoms with Crippen LogP contribution in [0.1, 0.15) is 240 Å². The van der Waals surface area contributed by atoms with Gasteiger partial charge in [-0.3, -0.25) is 14.4 Å².